The number of ether oxygens (including phenoxy) is 1. The summed E-state index contributed by atoms with van der Waals surface area (Å²) in [6, 6.07) is 2.43. The Morgan fingerprint density at radius 2 is 2.25 bits per heavy atom. The molecule has 0 amide bonds. The average Bonchev–Trinajstić information content (AvgIpc) is 2.23. The molecule has 0 aromatic carbocycles. The highest BCUT2D eigenvalue weighted by molar-refractivity contribution is 5.38. The van der Waals surface area contributed by atoms with Crippen LogP contribution in [0.25, 0.3) is 0 Å². The molecule has 4 heteroatoms. The normalized spacial score (nSPS) is 27.2. The van der Waals surface area contributed by atoms with Gasteiger partial charge in [-0.25, -0.2) is 0 Å². The number of aryl methyl sites for hydroxylation is 1. The minimum absolute atomic E-state index is 0.153. The third-order valence-corrected chi connectivity index (χ3v) is 3.58. The van der Waals surface area contributed by atoms with Gasteiger partial charge in [0.25, 0.3) is 0 Å². The molecular formula is C12H19N3O. The molecule has 1 saturated carbocycles. The van der Waals surface area contributed by atoms with Crippen LogP contribution in [0.4, 0.5) is 5.82 Å². The summed E-state index contributed by atoms with van der Waals surface area (Å²) in [4.78, 5) is 0. The first-order valence-corrected chi connectivity index (χ1v) is 5.62. The van der Waals surface area contributed by atoms with Crippen molar-refractivity contribution >= 4 is 5.82 Å². The molecule has 0 saturated heterocycles. The van der Waals surface area contributed by atoms with Crippen molar-refractivity contribution in [3.8, 4) is 0 Å². The van der Waals surface area contributed by atoms with Gasteiger partial charge in [0.2, 0.25) is 0 Å². The van der Waals surface area contributed by atoms with E-state index in [2.05, 4.69) is 29.4 Å². The smallest absolute Gasteiger partial charge is 0.149 e. The first kappa shape index (κ1) is 11.3. The predicted octanol–water partition coefficient (Wildman–Crippen LogP) is 2.01. The summed E-state index contributed by atoms with van der Waals surface area (Å²) >= 11 is 0. The van der Waals surface area contributed by atoms with E-state index in [-0.39, 0.29) is 5.41 Å². The Morgan fingerprint density at radius 3 is 2.81 bits per heavy atom. The molecule has 1 aliphatic rings. The average molecular weight is 221 g/mol. The zero-order chi connectivity index (χ0) is 11.8. The molecule has 1 fully saturated rings. The molecule has 1 aliphatic carbocycles. The number of nitrogens with one attached hydrogen (secondary N) is 1. The van der Waals surface area contributed by atoms with Crippen molar-refractivity contribution in [3.63, 3.8) is 0 Å². The van der Waals surface area contributed by atoms with E-state index in [1.165, 1.54) is 0 Å². The fourth-order valence-corrected chi connectivity index (χ4v) is 2.24. The molecule has 2 unspecified atom stereocenters. The van der Waals surface area contributed by atoms with Gasteiger partial charge in [-0.05, 0) is 25.0 Å². The number of rotatable bonds is 3. The van der Waals surface area contributed by atoms with Gasteiger partial charge in [-0.15, -0.1) is 5.10 Å². The maximum absolute atomic E-state index is 5.42. The van der Waals surface area contributed by atoms with Gasteiger partial charge in [0.15, 0.2) is 0 Å². The van der Waals surface area contributed by atoms with Gasteiger partial charge in [-0.1, -0.05) is 13.8 Å². The molecule has 0 aliphatic heterocycles. The highest BCUT2D eigenvalue weighted by Crippen LogP contribution is 2.43. The van der Waals surface area contributed by atoms with Crippen molar-refractivity contribution in [1.82, 2.24) is 10.2 Å². The predicted molar refractivity (Wildman–Crippen MR) is 63.4 cm³/mol. The van der Waals surface area contributed by atoms with Crippen molar-refractivity contribution < 1.29 is 4.74 Å². The van der Waals surface area contributed by atoms with Crippen LogP contribution in [0.15, 0.2) is 12.3 Å². The fraction of sp³-hybridized carbons (Fsp3) is 0.667. The first-order valence-electron chi connectivity index (χ1n) is 5.62. The Balaban J connectivity index is 2.02. The number of nitrogens with zero attached hydrogens (tertiary/aromatic N) is 2. The Bertz CT molecular complexity index is 378. The van der Waals surface area contributed by atoms with Crippen LogP contribution in [-0.2, 0) is 4.74 Å². The Labute approximate surface area is 96.4 Å². The summed E-state index contributed by atoms with van der Waals surface area (Å²) in [7, 11) is 1.77. The molecule has 0 bridgehead atoms. The summed E-state index contributed by atoms with van der Waals surface area (Å²) in [5.74, 6) is 0.854. The summed E-state index contributed by atoms with van der Waals surface area (Å²) in [6.45, 7) is 6.45. The standard InChI is InChI=1S/C12H19N3O/c1-8-5-11(15-13-7-8)14-9-6-10(16-4)12(9,2)3/h5,7,9-10H,6H2,1-4H3,(H,14,15). The maximum Gasteiger partial charge on any atom is 0.149 e. The molecule has 4 nitrogen and oxygen atoms in total. The van der Waals surface area contributed by atoms with E-state index in [0.717, 1.165) is 17.8 Å². The van der Waals surface area contributed by atoms with Gasteiger partial charge in [-0.2, -0.15) is 5.10 Å². The van der Waals surface area contributed by atoms with E-state index >= 15 is 0 Å². The van der Waals surface area contributed by atoms with Crippen LogP contribution in [0.1, 0.15) is 25.8 Å². The van der Waals surface area contributed by atoms with Gasteiger partial charge >= 0.3 is 0 Å². The van der Waals surface area contributed by atoms with Gasteiger partial charge < -0.3 is 10.1 Å². The topological polar surface area (TPSA) is 47.0 Å². The van der Waals surface area contributed by atoms with E-state index in [0.29, 0.717) is 12.1 Å². The molecule has 0 radical (unpaired) electrons. The molecule has 2 atom stereocenters. The number of hydrogen-bond donors (Lipinski definition) is 1. The zero-order valence-corrected chi connectivity index (χ0v) is 10.3. The fourth-order valence-electron chi connectivity index (χ4n) is 2.24. The number of hydrogen-bond acceptors (Lipinski definition) is 4. The van der Waals surface area contributed by atoms with Crippen molar-refractivity contribution in [1.29, 1.82) is 0 Å². The molecule has 0 spiro atoms. The minimum Gasteiger partial charge on any atom is -0.381 e. The monoisotopic (exact) mass is 221 g/mol. The molecule has 1 N–H and O–H groups in total. The van der Waals surface area contributed by atoms with E-state index in [1.54, 1.807) is 13.3 Å². The van der Waals surface area contributed by atoms with Crippen molar-refractivity contribution in [2.45, 2.75) is 39.3 Å². The van der Waals surface area contributed by atoms with Crippen LogP contribution in [0.2, 0.25) is 0 Å². The van der Waals surface area contributed by atoms with E-state index in [1.807, 2.05) is 13.0 Å². The van der Waals surface area contributed by atoms with Gasteiger partial charge in [-0.3, -0.25) is 0 Å². The first-order chi connectivity index (χ1) is 7.54. The molecule has 2 rings (SSSR count). The van der Waals surface area contributed by atoms with Crippen LogP contribution in [-0.4, -0.2) is 29.5 Å². The largest absolute Gasteiger partial charge is 0.381 e. The Morgan fingerprint density at radius 1 is 1.50 bits per heavy atom. The molecular weight excluding hydrogens is 202 g/mol. The highest BCUT2D eigenvalue weighted by Gasteiger charge is 2.48. The van der Waals surface area contributed by atoms with Gasteiger partial charge in [0, 0.05) is 18.6 Å². The van der Waals surface area contributed by atoms with Crippen molar-refractivity contribution in [2.75, 3.05) is 12.4 Å². The molecule has 1 aromatic heterocycles. The molecule has 16 heavy (non-hydrogen) atoms. The lowest BCUT2D eigenvalue weighted by molar-refractivity contribution is -0.0795. The van der Waals surface area contributed by atoms with Gasteiger partial charge in [0.1, 0.15) is 5.82 Å². The zero-order valence-electron chi connectivity index (χ0n) is 10.3. The quantitative estimate of drug-likeness (QED) is 0.848. The van der Waals surface area contributed by atoms with E-state index in [9.17, 15) is 0 Å². The summed E-state index contributed by atoms with van der Waals surface area (Å²) in [5.41, 5.74) is 1.28. The van der Waals surface area contributed by atoms with E-state index in [4.69, 9.17) is 4.74 Å². The van der Waals surface area contributed by atoms with Crippen LogP contribution in [0, 0.1) is 12.3 Å². The van der Waals surface area contributed by atoms with Gasteiger partial charge in [0.05, 0.1) is 12.3 Å². The van der Waals surface area contributed by atoms with E-state index < -0.39 is 0 Å². The second-order valence-electron chi connectivity index (χ2n) is 5.10. The summed E-state index contributed by atoms with van der Waals surface area (Å²) in [6.07, 6.45) is 3.12. The number of aromatic nitrogens is 2. The minimum atomic E-state index is 0.153. The highest BCUT2D eigenvalue weighted by atomic mass is 16.5. The third kappa shape index (κ3) is 1.89. The maximum atomic E-state index is 5.42. The van der Waals surface area contributed by atoms with Crippen LogP contribution >= 0.6 is 0 Å². The summed E-state index contributed by atoms with van der Waals surface area (Å²) in [5, 5.41) is 11.4. The lowest BCUT2D eigenvalue weighted by Gasteiger charge is -2.51. The lowest BCUT2D eigenvalue weighted by Crippen LogP contribution is -2.57. The van der Waals surface area contributed by atoms with Crippen molar-refractivity contribution in [2.24, 2.45) is 5.41 Å². The van der Waals surface area contributed by atoms with Crippen LogP contribution in [0.3, 0.4) is 0 Å². The molecule has 88 valence electrons. The van der Waals surface area contributed by atoms with Crippen LogP contribution < -0.4 is 5.32 Å². The number of anilines is 1. The summed E-state index contributed by atoms with van der Waals surface area (Å²) < 4.78 is 5.42. The van der Waals surface area contributed by atoms with Crippen molar-refractivity contribution in [3.05, 3.63) is 17.8 Å². The second kappa shape index (κ2) is 4.01. The second-order valence-corrected chi connectivity index (χ2v) is 5.10. The molecule has 1 heterocycles. The number of methoxy groups -OCH3 is 1. The molecule has 1 aromatic rings. The Hall–Kier alpha value is -1.16. The van der Waals surface area contributed by atoms with Crippen LogP contribution in [0.5, 0.6) is 0 Å². The SMILES string of the molecule is COC1CC(Nc2cc(C)cnn2)C1(C)C. The Kier molecular flexibility index (Phi) is 2.84. The lowest BCUT2D eigenvalue weighted by atomic mass is 9.64. The third-order valence-electron chi connectivity index (χ3n) is 3.58.